The molecule has 1 aliphatic heterocycles. The van der Waals surface area contributed by atoms with Crippen LogP contribution in [0.2, 0.25) is 0 Å². The van der Waals surface area contributed by atoms with E-state index in [4.69, 9.17) is 0 Å². The van der Waals surface area contributed by atoms with E-state index >= 15 is 0 Å². The number of pyridine rings is 1. The topological polar surface area (TPSA) is 36.4 Å². The van der Waals surface area contributed by atoms with Crippen LogP contribution in [0.4, 0.5) is 5.69 Å². The molecule has 0 radical (unpaired) electrons. The molecular weight excluding hydrogens is 274 g/mol. The van der Waals surface area contributed by atoms with E-state index in [1.807, 2.05) is 47.6 Å². The van der Waals surface area contributed by atoms with E-state index in [2.05, 4.69) is 22.9 Å². The highest BCUT2D eigenvalue weighted by atomic mass is 16.2. The summed E-state index contributed by atoms with van der Waals surface area (Å²) >= 11 is 0. The van der Waals surface area contributed by atoms with E-state index < -0.39 is 0 Å². The Morgan fingerprint density at radius 3 is 2.41 bits per heavy atom. The van der Waals surface area contributed by atoms with Crippen molar-refractivity contribution in [2.75, 3.05) is 31.1 Å². The Morgan fingerprint density at radius 2 is 1.73 bits per heavy atom. The lowest BCUT2D eigenvalue weighted by atomic mass is 10.1. The third kappa shape index (κ3) is 3.27. The van der Waals surface area contributed by atoms with Crippen LogP contribution in [-0.2, 0) is 11.2 Å². The molecule has 0 saturated carbocycles. The van der Waals surface area contributed by atoms with Gasteiger partial charge in [-0.05, 0) is 30.2 Å². The Balaban J connectivity index is 1.57. The molecule has 1 aliphatic rings. The number of carbonyl (C=O) groups is 1. The third-order valence-corrected chi connectivity index (χ3v) is 4.26. The molecule has 1 saturated heterocycles. The third-order valence-electron chi connectivity index (χ3n) is 4.26. The van der Waals surface area contributed by atoms with Gasteiger partial charge in [0.2, 0.25) is 5.91 Å². The van der Waals surface area contributed by atoms with Gasteiger partial charge < -0.3 is 9.80 Å². The van der Waals surface area contributed by atoms with Crippen LogP contribution in [0.5, 0.6) is 0 Å². The van der Waals surface area contributed by atoms with Crippen molar-refractivity contribution in [3.8, 4) is 0 Å². The van der Waals surface area contributed by atoms with Crippen molar-refractivity contribution in [3.63, 3.8) is 0 Å². The maximum absolute atomic E-state index is 12.5. The van der Waals surface area contributed by atoms with Crippen molar-refractivity contribution < 1.29 is 4.79 Å². The summed E-state index contributed by atoms with van der Waals surface area (Å²) in [4.78, 5) is 20.8. The van der Waals surface area contributed by atoms with Gasteiger partial charge in [-0.2, -0.15) is 0 Å². The molecule has 0 spiro atoms. The first-order valence-electron chi connectivity index (χ1n) is 7.71. The number of nitrogens with zero attached hydrogens (tertiary/aromatic N) is 3. The Hall–Kier alpha value is -2.36. The molecule has 0 aliphatic carbocycles. The van der Waals surface area contributed by atoms with E-state index in [0.717, 1.165) is 31.7 Å². The van der Waals surface area contributed by atoms with Crippen LogP contribution >= 0.6 is 0 Å². The highest BCUT2D eigenvalue weighted by Crippen LogP contribution is 2.16. The fourth-order valence-electron chi connectivity index (χ4n) is 2.85. The van der Waals surface area contributed by atoms with Crippen LogP contribution in [0.1, 0.15) is 11.1 Å². The smallest absolute Gasteiger partial charge is 0.227 e. The van der Waals surface area contributed by atoms with Crippen LogP contribution < -0.4 is 4.90 Å². The first-order valence-corrected chi connectivity index (χ1v) is 7.71. The van der Waals surface area contributed by atoms with Crippen molar-refractivity contribution in [2.45, 2.75) is 13.3 Å². The molecule has 1 aromatic carbocycles. The molecule has 0 atom stereocenters. The van der Waals surface area contributed by atoms with Gasteiger partial charge in [0.05, 0.1) is 6.42 Å². The fourth-order valence-corrected chi connectivity index (χ4v) is 2.85. The predicted molar refractivity (Wildman–Crippen MR) is 87.9 cm³/mol. The molecule has 0 unspecified atom stereocenters. The zero-order valence-electron chi connectivity index (χ0n) is 12.9. The number of anilines is 1. The summed E-state index contributed by atoms with van der Waals surface area (Å²) in [5.41, 5.74) is 3.50. The maximum atomic E-state index is 12.5. The molecule has 0 bridgehead atoms. The summed E-state index contributed by atoms with van der Waals surface area (Å²) in [5, 5.41) is 0. The summed E-state index contributed by atoms with van der Waals surface area (Å²) < 4.78 is 0. The minimum Gasteiger partial charge on any atom is -0.368 e. The molecule has 1 aromatic heterocycles. The minimum absolute atomic E-state index is 0.226. The van der Waals surface area contributed by atoms with E-state index in [1.54, 1.807) is 0 Å². The highest BCUT2D eigenvalue weighted by Gasteiger charge is 2.21. The quantitative estimate of drug-likeness (QED) is 0.871. The van der Waals surface area contributed by atoms with Crippen molar-refractivity contribution in [3.05, 3.63) is 59.9 Å². The van der Waals surface area contributed by atoms with E-state index in [9.17, 15) is 4.79 Å². The maximum Gasteiger partial charge on any atom is 0.227 e. The first kappa shape index (κ1) is 14.6. The summed E-state index contributed by atoms with van der Waals surface area (Å²) in [6.07, 6.45) is 4.12. The number of amides is 1. The van der Waals surface area contributed by atoms with Gasteiger partial charge in [-0.1, -0.05) is 24.3 Å². The second kappa shape index (κ2) is 6.60. The highest BCUT2D eigenvalue weighted by molar-refractivity contribution is 5.79. The van der Waals surface area contributed by atoms with Gasteiger partial charge >= 0.3 is 0 Å². The second-order valence-corrected chi connectivity index (χ2v) is 5.68. The molecule has 114 valence electrons. The average Bonchev–Trinajstić information content (AvgIpc) is 2.58. The van der Waals surface area contributed by atoms with Gasteiger partial charge in [0.15, 0.2) is 0 Å². The summed E-state index contributed by atoms with van der Waals surface area (Å²) in [7, 11) is 0. The van der Waals surface area contributed by atoms with E-state index in [1.165, 1.54) is 11.3 Å². The molecule has 2 heterocycles. The van der Waals surface area contributed by atoms with Crippen LogP contribution in [0.15, 0.2) is 48.8 Å². The number of piperazine rings is 1. The number of carbonyl (C=O) groups excluding carboxylic acids is 1. The Labute approximate surface area is 131 Å². The Kier molecular flexibility index (Phi) is 4.37. The summed E-state index contributed by atoms with van der Waals surface area (Å²) in [6.45, 7) is 5.39. The summed E-state index contributed by atoms with van der Waals surface area (Å²) in [6, 6.07) is 12.1. The monoisotopic (exact) mass is 295 g/mol. The molecule has 1 fully saturated rings. The first-order chi connectivity index (χ1) is 10.7. The van der Waals surface area contributed by atoms with E-state index in [0.29, 0.717) is 6.42 Å². The Bertz CT molecular complexity index is 634. The van der Waals surface area contributed by atoms with Gasteiger partial charge in [0.1, 0.15) is 0 Å². The fraction of sp³-hybridized carbons (Fsp3) is 0.333. The number of aryl methyl sites for hydroxylation is 1. The number of rotatable bonds is 3. The van der Waals surface area contributed by atoms with Gasteiger partial charge in [-0.15, -0.1) is 0 Å². The average molecular weight is 295 g/mol. The van der Waals surface area contributed by atoms with Crippen molar-refractivity contribution in [1.29, 1.82) is 0 Å². The summed E-state index contributed by atoms with van der Waals surface area (Å²) in [5.74, 6) is 0.226. The van der Waals surface area contributed by atoms with E-state index in [-0.39, 0.29) is 5.91 Å². The van der Waals surface area contributed by atoms with Gasteiger partial charge in [0, 0.05) is 44.3 Å². The molecule has 3 rings (SSSR count). The van der Waals surface area contributed by atoms with Gasteiger partial charge in [0.25, 0.3) is 0 Å². The SMILES string of the molecule is Cc1ccccc1CC(=O)N1CCN(c2ccncc2)CC1. The zero-order chi connectivity index (χ0) is 15.4. The number of hydrogen-bond donors (Lipinski definition) is 0. The molecule has 4 nitrogen and oxygen atoms in total. The van der Waals surface area contributed by atoms with Crippen LogP contribution in [-0.4, -0.2) is 42.0 Å². The van der Waals surface area contributed by atoms with Crippen LogP contribution in [0, 0.1) is 6.92 Å². The lowest BCUT2D eigenvalue weighted by molar-refractivity contribution is -0.130. The largest absolute Gasteiger partial charge is 0.368 e. The van der Waals surface area contributed by atoms with Crippen molar-refractivity contribution in [1.82, 2.24) is 9.88 Å². The molecule has 1 amide bonds. The molecule has 4 heteroatoms. The predicted octanol–water partition coefficient (Wildman–Crippen LogP) is 2.28. The normalized spacial score (nSPS) is 15.0. The van der Waals surface area contributed by atoms with Gasteiger partial charge in [-0.25, -0.2) is 0 Å². The minimum atomic E-state index is 0.226. The molecule has 2 aromatic rings. The van der Waals surface area contributed by atoms with Crippen molar-refractivity contribution in [2.24, 2.45) is 0 Å². The second-order valence-electron chi connectivity index (χ2n) is 5.68. The number of aromatic nitrogens is 1. The number of hydrogen-bond acceptors (Lipinski definition) is 3. The van der Waals surface area contributed by atoms with Crippen LogP contribution in [0.3, 0.4) is 0 Å². The standard InChI is InChI=1S/C18H21N3O/c1-15-4-2-3-5-16(15)14-18(22)21-12-10-20(11-13-21)17-6-8-19-9-7-17/h2-9H,10-14H2,1H3. The zero-order valence-corrected chi connectivity index (χ0v) is 12.9. The molecule has 22 heavy (non-hydrogen) atoms. The van der Waals surface area contributed by atoms with Crippen molar-refractivity contribution >= 4 is 11.6 Å². The number of benzene rings is 1. The lowest BCUT2D eigenvalue weighted by Gasteiger charge is -2.36. The van der Waals surface area contributed by atoms with Gasteiger partial charge in [-0.3, -0.25) is 9.78 Å². The lowest BCUT2D eigenvalue weighted by Crippen LogP contribution is -2.49. The molecule has 0 N–H and O–H groups in total. The van der Waals surface area contributed by atoms with Crippen LogP contribution in [0.25, 0.3) is 0 Å². The molecular formula is C18H21N3O. The Morgan fingerprint density at radius 1 is 1.05 bits per heavy atom.